The van der Waals surface area contributed by atoms with Gasteiger partial charge in [-0.25, -0.2) is 0 Å². The summed E-state index contributed by atoms with van der Waals surface area (Å²) in [4.78, 5) is 0. The summed E-state index contributed by atoms with van der Waals surface area (Å²) in [6.45, 7) is 11.1. The van der Waals surface area contributed by atoms with E-state index in [1.165, 1.54) is 51.4 Å². The van der Waals surface area contributed by atoms with Crippen LogP contribution in [0.25, 0.3) is 0 Å². The number of unbranched alkanes of at least 4 members (excludes halogenated alkanes) is 12. The topological polar surface area (TPSA) is 46.2 Å². The second-order valence-corrected chi connectivity index (χ2v) is 8.95. The third kappa shape index (κ3) is 16.6. The highest BCUT2D eigenvalue weighted by molar-refractivity contribution is 5.98. The summed E-state index contributed by atoms with van der Waals surface area (Å²) in [6.07, 6.45) is 17.3. The van der Waals surface area contributed by atoms with Crippen molar-refractivity contribution >= 4 is 10.5 Å². The molecule has 3 radical (unpaired) electrons. The third-order valence-electron chi connectivity index (χ3n) is 5.57. The maximum Gasteiger partial charge on any atom is 0.336 e. The van der Waals surface area contributed by atoms with Crippen LogP contribution in [0.15, 0.2) is 0 Å². The first-order valence-corrected chi connectivity index (χ1v) is 14.0. The Kier molecular flexibility index (Phi) is 24.2. The average molecular weight is 474 g/mol. The van der Waals surface area contributed by atoms with E-state index in [1.54, 1.807) is 0 Å². The summed E-state index contributed by atoms with van der Waals surface area (Å²) in [5.74, 6) is -1.34. The number of hydrogen-bond donors (Lipinski definition) is 0. The van der Waals surface area contributed by atoms with Crippen molar-refractivity contribution in [3.8, 4) is 0 Å². The fourth-order valence-electron chi connectivity index (χ4n) is 3.49. The largest absolute Gasteiger partial charge is 0.388 e. The lowest BCUT2D eigenvalue weighted by Crippen LogP contribution is -2.53. The van der Waals surface area contributed by atoms with Gasteiger partial charge in [0.25, 0.3) is 0 Å². The van der Waals surface area contributed by atoms with Crippen molar-refractivity contribution in [2.75, 3.05) is 26.4 Å². The highest BCUT2D eigenvalue weighted by atomic mass is 28.2. The lowest BCUT2D eigenvalue weighted by Gasteiger charge is -2.38. The van der Waals surface area contributed by atoms with Gasteiger partial charge in [0.1, 0.15) is 0 Å². The third-order valence-corrected chi connectivity index (χ3v) is 5.78. The van der Waals surface area contributed by atoms with Gasteiger partial charge in [-0.2, -0.15) is 0 Å². The van der Waals surface area contributed by atoms with Gasteiger partial charge in [-0.1, -0.05) is 105 Å². The van der Waals surface area contributed by atoms with Crippen LogP contribution in [0.1, 0.15) is 130 Å². The first kappa shape index (κ1) is 32.0. The number of rotatable bonds is 26. The number of ether oxygens (including phenoxy) is 4. The molecule has 1 unspecified atom stereocenters. The van der Waals surface area contributed by atoms with Gasteiger partial charge in [-0.05, 0) is 25.7 Å². The van der Waals surface area contributed by atoms with Crippen LogP contribution >= 0.6 is 0 Å². The van der Waals surface area contributed by atoms with Gasteiger partial charge in [0, 0.05) is 0 Å². The van der Waals surface area contributed by atoms with E-state index in [0.29, 0.717) is 26.4 Å². The average Bonchev–Trinajstić information content (AvgIpc) is 2.80. The van der Waals surface area contributed by atoms with Gasteiger partial charge in [0.05, 0.1) is 26.4 Å². The quantitative estimate of drug-likeness (QED) is 0.0741. The minimum Gasteiger partial charge on any atom is -0.388 e. The molecule has 0 aliphatic rings. The van der Waals surface area contributed by atoms with E-state index in [4.69, 9.17) is 23.4 Å². The molecule has 0 saturated carbocycles. The molecule has 32 heavy (non-hydrogen) atoms. The van der Waals surface area contributed by atoms with Gasteiger partial charge in [0.15, 0.2) is 0 Å². The zero-order valence-corrected chi connectivity index (χ0v) is 22.8. The summed E-state index contributed by atoms with van der Waals surface area (Å²) in [6, 6.07) is 0. The van der Waals surface area contributed by atoms with E-state index in [1.807, 2.05) is 0 Å². The zero-order chi connectivity index (χ0) is 23.8. The highest BCUT2D eigenvalue weighted by Gasteiger charge is 2.44. The van der Waals surface area contributed by atoms with Crippen LogP contribution in [-0.2, 0) is 23.4 Å². The van der Waals surface area contributed by atoms with E-state index in [9.17, 15) is 0 Å². The van der Waals surface area contributed by atoms with Gasteiger partial charge in [-0.15, -0.1) is 0 Å². The van der Waals surface area contributed by atoms with E-state index in [2.05, 4.69) is 38.2 Å². The first-order chi connectivity index (χ1) is 15.7. The van der Waals surface area contributed by atoms with Crippen molar-refractivity contribution in [3.63, 3.8) is 0 Å². The Hall–Kier alpha value is 0.0169. The molecule has 0 aliphatic heterocycles. The van der Waals surface area contributed by atoms with Crippen LogP contribution in [0.3, 0.4) is 0 Å². The molecule has 0 N–H and O–H groups in total. The van der Waals surface area contributed by atoms with Gasteiger partial charge in [-0.3, -0.25) is 0 Å². The normalized spacial score (nSPS) is 13.0. The molecule has 0 saturated heterocycles. The zero-order valence-electron chi connectivity index (χ0n) is 21.8. The van der Waals surface area contributed by atoms with E-state index in [-0.39, 0.29) is 0 Å². The second-order valence-electron chi connectivity index (χ2n) is 8.71. The van der Waals surface area contributed by atoms with Gasteiger partial charge < -0.3 is 23.4 Å². The Balaban J connectivity index is 5.13. The number of hydrogen-bond acceptors (Lipinski definition) is 5. The molecule has 0 bridgehead atoms. The first-order valence-electron chi connectivity index (χ1n) is 13.6. The van der Waals surface area contributed by atoms with Crippen molar-refractivity contribution in [2.45, 2.75) is 143 Å². The molecule has 0 amide bonds. The Morgan fingerprint density at radius 3 is 1.16 bits per heavy atom. The van der Waals surface area contributed by atoms with Crippen LogP contribution in [0.5, 0.6) is 0 Å². The highest BCUT2D eigenvalue weighted by Crippen LogP contribution is 2.26. The molecule has 1 atom stereocenters. The van der Waals surface area contributed by atoms with Crippen LogP contribution < -0.4 is 0 Å². The van der Waals surface area contributed by atoms with Crippen LogP contribution in [0.2, 0.25) is 0 Å². The summed E-state index contributed by atoms with van der Waals surface area (Å²) in [7, 11) is 3.23. The minimum atomic E-state index is -1.34. The molecule has 0 aromatic rings. The maximum atomic E-state index is 6.30. The maximum absolute atomic E-state index is 6.30. The SMILES string of the molecule is CCCCCCOC(O[Si])C(OCCCCCC)(OCCCCCC)OCCCCCC. The van der Waals surface area contributed by atoms with Crippen molar-refractivity contribution < 1.29 is 23.4 Å². The van der Waals surface area contributed by atoms with Crippen LogP contribution in [0, 0.1) is 0 Å². The van der Waals surface area contributed by atoms with Crippen molar-refractivity contribution in [2.24, 2.45) is 0 Å². The molecule has 0 heterocycles. The molecule has 5 nitrogen and oxygen atoms in total. The molecule has 6 heteroatoms. The molecule has 0 aromatic heterocycles. The lowest BCUT2D eigenvalue weighted by molar-refractivity contribution is -0.445. The predicted octanol–water partition coefficient (Wildman–Crippen LogP) is 7.45. The predicted molar refractivity (Wildman–Crippen MR) is 134 cm³/mol. The van der Waals surface area contributed by atoms with Gasteiger partial charge >= 0.3 is 5.97 Å². The van der Waals surface area contributed by atoms with Crippen molar-refractivity contribution in [1.29, 1.82) is 0 Å². The minimum absolute atomic E-state index is 0.565. The standard InChI is InChI=1S/C26H53O5Si/c1-5-9-13-17-21-27-25(31-32)26(28-22-18-14-10-6-2,29-23-19-15-11-7-3)30-24-20-16-12-8-4/h25H,5-24H2,1-4H3. The fraction of sp³-hybridized carbons (Fsp3) is 1.00. The Labute approximate surface area is 203 Å². The molecule has 0 aliphatic carbocycles. The molecule has 0 aromatic carbocycles. The van der Waals surface area contributed by atoms with Crippen LogP contribution in [-0.4, -0.2) is 49.2 Å². The Morgan fingerprint density at radius 2 is 0.844 bits per heavy atom. The summed E-state index contributed by atoms with van der Waals surface area (Å²) in [5, 5.41) is 0. The van der Waals surface area contributed by atoms with E-state index < -0.39 is 12.3 Å². The molecular weight excluding hydrogens is 420 g/mol. The smallest absolute Gasteiger partial charge is 0.336 e. The molecule has 0 spiro atoms. The van der Waals surface area contributed by atoms with Gasteiger partial charge in [0.2, 0.25) is 16.8 Å². The fourth-order valence-corrected chi connectivity index (χ4v) is 3.70. The Bertz CT molecular complexity index is 334. The van der Waals surface area contributed by atoms with Crippen LogP contribution in [0.4, 0.5) is 0 Å². The van der Waals surface area contributed by atoms with Crippen molar-refractivity contribution in [3.05, 3.63) is 0 Å². The molecule has 191 valence electrons. The summed E-state index contributed by atoms with van der Waals surface area (Å²) >= 11 is 0. The summed E-state index contributed by atoms with van der Waals surface area (Å²) in [5.41, 5.74) is 0. The van der Waals surface area contributed by atoms with Crippen molar-refractivity contribution in [1.82, 2.24) is 0 Å². The van der Waals surface area contributed by atoms with E-state index >= 15 is 0 Å². The molecular formula is C26H53O5Si. The summed E-state index contributed by atoms with van der Waals surface area (Å²) < 4.78 is 30.5. The Morgan fingerprint density at radius 1 is 0.500 bits per heavy atom. The second kappa shape index (κ2) is 24.2. The molecule has 0 rings (SSSR count). The monoisotopic (exact) mass is 473 g/mol. The van der Waals surface area contributed by atoms with E-state index in [0.717, 1.165) is 51.4 Å². The lowest BCUT2D eigenvalue weighted by atomic mass is 10.2. The molecule has 0 fully saturated rings.